The number of nitriles is 1. The van der Waals surface area contributed by atoms with Crippen molar-refractivity contribution >= 4 is 343 Å². The summed E-state index contributed by atoms with van der Waals surface area (Å²) in [4.78, 5) is 90.1. The first-order valence-corrected chi connectivity index (χ1v) is 43.1. The van der Waals surface area contributed by atoms with Gasteiger partial charge in [0.1, 0.15) is 0 Å². The van der Waals surface area contributed by atoms with Crippen LogP contribution in [-0.2, 0) is 48.5 Å². The van der Waals surface area contributed by atoms with Gasteiger partial charge in [0.2, 0.25) is 0 Å². The molecule has 49 heteroatoms. The van der Waals surface area contributed by atoms with Gasteiger partial charge in [0.25, 0.3) is 21.5 Å². The fourth-order valence-electron chi connectivity index (χ4n) is 8.09. The molecule has 0 aromatic heterocycles. The number of hydrogen-bond acceptors (Lipinski definition) is 18. The first kappa shape index (κ1) is 137. The number of aliphatic hydroxyl groups is 1. The molecule has 5 N–H and O–H groups in total. The van der Waals surface area contributed by atoms with Gasteiger partial charge >= 0.3 is 222 Å². The molecule has 0 saturated carbocycles. The van der Waals surface area contributed by atoms with Gasteiger partial charge in [-0.05, 0) is 204 Å². The maximum absolute atomic E-state index is 11.6. The first-order chi connectivity index (χ1) is 56.8. The smallest absolute Gasteiger partial charge is 1.00 e. The standard InChI is InChI=1S/C11H9Cl2NO2.C10H9BrCl2O2.C10H10Cl2O2.C9H6BrCl2NO.C9H7Cl2NO.C8H6Cl2O2.C7H4ClIO2.C2H5I.C2H6O.CCl4.2CH3F.CN.CH2O3.BHNS.2Cs.Na.H/c1-2-16-11(15)10-7(5-6-14)8(12)3-4-9(10)13;1-2-15-10(14)9-6(5-11)7(12)3-4-8(9)13;1-3-14-10(13)9-6(2)7(11)4-5-8(9)12;10-5-3-6(11)4-1-2-13-9(14)7(4)8(5)12;10-6-1-2-7(11)8-5(6)3-4-12-9(8)13;1-4-5(9)2-3-6(10)7(4)8(11)12;8-5-3-1-2-4(6(5)9)7(10)11;2*1-2-3;2-1(3,4)5;3*1-2;2-1-4-3;1-2-3;;;;/h3-4H,2,5H2,1H3;3-4H,2,5H2,1H3;4-5H,3H2,1-2H3;3H,1-2H2,(H,13,14);1-2H,3-4H2,(H,12,13);2-3H,1H3,(H,11,12);1-3H,(H,10,11);2H2,1H3;3H,2H2,1H3;;2*1H3;;1,3H;3H;;;;/q;;;;;;;;;;;;-1;;;3*+1;-1/p-1/i;;;;;;;;;;2*1D;;;;;;;. The minimum Gasteiger partial charge on any atom is -1.00 e. The monoisotopic (exact) mass is 2650 g/mol. The molecule has 2 heterocycles. The molecule has 21 nitrogen and oxygen atoms in total. The molecule has 657 valence electrons. The number of aromatic carboxylic acids is 2. The quantitative estimate of drug-likeness (QED) is 0.00599. The van der Waals surface area contributed by atoms with Crippen LogP contribution in [0.4, 0.5) is 8.78 Å². The van der Waals surface area contributed by atoms with Crippen LogP contribution in [-0.4, -0.2) is 133 Å². The van der Waals surface area contributed by atoms with Gasteiger partial charge < -0.3 is 63.6 Å². The summed E-state index contributed by atoms with van der Waals surface area (Å²) in [5, 5.41) is 59.7. The Morgan fingerprint density at radius 2 is 0.951 bits per heavy atom. The van der Waals surface area contributed by atoms with Crippen molar-refractivity contribution < 1.29 is 258 Å². The Balaban J connectivity index is -0.000000147. The van der Waals surface area contributed by atoms with Gasteiger partial charge in [-0.25, -0.2) is 24.0 Å². The molecule has 0 unspecified atom stereocenters. The van der Waals surface area contributed by atoms with Crippen LogP contribution in [0.15, 0.2) is 93.7 Å². The number of halogens is 23. The normalized spacial score (nSPS) is 10.2. The Morgan fingerprint density at radius 1 is 0.639 bits per heavy atom. The summed E-state index contributed by atoms with van der Waals surface area (Å²) in [5.41, 5.74) is 6.12. The number of carboxylic acid groups (broad SMARTS) is 2. The Kier molecular flexibility index (Phi) is 94.7. The van der Waals surface area contributed by atoms with Gasteiger partial charge in [0.05, 0.1) is 123 Å². The van der Waals surface area contributed by atoms with E-state index in [0.717, 1.165) is 24.0 Å². The van der Waals surface area contributed by atoms with Gasteiger partial charge in [-0.15, -0.1) is 0 Å². The molecule has 7 aromatic carbocycles. The number of hydrogen-bond donors (Lipinski definition) is 6. The number of amides is 2. The second-order valence-corrected chi connectivity index (χ2v) is 32.8. The van der Waals surface area contributed by atoms with Crippen molar-refractivity contribution in [3.8, 4) is 6.07 Å². The topological polar surface area (TPSA) is 341 Å². The van der Waals surface area contributed by atoms with E-state index in [1.807, 2.05) is 28.7 Å². The Bertz CT molecular complexity index is 4530. The zero-order valence-corrected chi connectivity index (χ0v) is 101. The maximum atomic E-state index is 11.6. The molecular formula is C73H71BBr2Cl17Cs2F2I2N5NaO16S. The van der Waals surface area contributed by atoms with Crippen LogP contribution < -0.4 is 183 Å². The van der Waals surface area contributed by atoms with E-state index in [9.17, 15) is 42.3 Å². The molecule has 7 aromatic rings. The predicted molar refractivity (Wildman–Crippen MR) is 504 cm³/mol. The van der Waals surface area contributed by atoms with Gasteiger partial charge in [-0.1, -0.05) is 249 Å². The molecule has 2 amide bonds. The molecule has 1 radical (unpaired) electrons. The maximum Gasteiger partial charge on any atom is 1.00 e. The minimum atomic E-state index is -1.61. The molecule has 122 heavy (non-hydrogen) atoms. The van der Waals surface area contributed by atoms with E-state index >= 15 is 0 Å². The summed E-state index contributed by atoms with van der Waals surface area (Å²) >= 11 is 110. The van der Waals surface area contributed by atoms with E-state index in [4.69, 9.17) is 257 Å². The van der Waals surface area contributed by atoms with Crippen molar-refractivity contribution in [3.63, 3.8) is 0 Å². The third-order valence-corrected chi connectivity index (χ3v) is 20.0. The van der Waals surface area contributed by atoms with Gasteiger partial charge in [-0.3, -0.25) is 23.2 Å². The van der Waals surface area contributed by atoms with Crippen LogP contribution in [0, 0.1) is 40.6 Å². The number of alkyl halides is 8. The van der Waals surface area contributed by atoms with Crippen LogP contribution in [0.3, 0.4) is 0 Å². The van der Waals surface area contributed by atoms with Crippen LogP contribution in [0.1, 0.15) is 145 Å². The van der Waals surface area contributed by atoms with E-state index in [1.54, 1.807) is 108 Å². The van der Waals surface area contributed by atoms with Gasteiger partial charge in [-0.2, -0.15) is 5.26 Å². The van der Waals surface area contributed by atoms with Crippen LogP contribution in [0.2, 0.25) is 65.3 Å². The number of carboxylic acids is 2. The molecule has 0 fully saturated rings. The number of carbonyl (C=O) groups is 8. The van der Waals surface area contributed by atoms with Crippen LogP contribution >= 0.6 is 287 Å². The summed E-state index contributed by atoms with van der Waals surface area (Å²) in [7, 11) is 2.34. The molecule has 9 rings (SSSR count). The number of ether oxygens (including phenoxy) is 3. The first-order valence-electron chi connectivity index (χ1n) is 33.2. The van der Waals surface area contributed by atoms with Gasteiger partial charge in [0.15, 0.2) is 0 Å². The number of thiol groups is 1. The zero-order valence-electron chi connectivity index (χ0n) is 68.6. The van der Waals surface area contributed by atoms with E-state index in [-0.39, 0.29) is 233 Å². The SMILES string of the molecule is CCI.CCO.CCOC(=O)c1c(Cl)ccc(Cl)c1C.CCOC(=O)c1c(Cl)ccc(Cl)c1CBr.CCOC(=O)c1c(Cl)ccc(Cl)c1CC#N.Cc1c(Cl)ccc(Cl)c1C(=O)O.ClC(Cl)(Cl)Cl.O=C(O)c1cccc(Cl)c1I.O=C1NCCc2c(Cl)cc(Br)c(Cl)c21.O=C1NCCc2c(Cl)ccc(Cl)c21.O=CO[O-].[2H]CF.[2H]CF.[B]=NS.[C-]#N.[Cs+].[Cs+].[H-].[Na+]. The van der Waals surface area contributed by atoms with Crippen molar-refractivity contribution in [3.05, 3.63) is 237 Å². The Morgan fingerprint density at radius 3 is 1.29 bits per heavy atom. The number of aliphatic hydroxyl groups excluding tert-OH is 1. The summed E-state index contributed by atoms with van der Waals surface area (Å²) in [6.07, 6.45) is 1.50. The molecule has 2 aliphatic heterocycles. The minimum absolute atomic E-state index is 0. The average molecular weight is 2660 g/mol. The number of nitrogens with zero attached hydrogens (tertiary/aromatic N) is 3. The summed E-state index contributed by atoms with van der Waals surface area (Å²) in [6.45, 7) is 19.3. The van der Waals surface area contributed by atoms with Crippen molar-refractivity contribution in [2.75, 3.05) is 58.3 Å². The number of fused-ring (bicyclic) bond motifs is 2. The largest absolute Gasteiger partial charge is 1.00 e. The molecular weight excluding hydrogens is 2590 g/mol. The van der Waals surface area contributed by atoms with Crippen molar-refractivity contribution in [1.82, 2.24) is 10.6 Å². The third kappa shape index (κ3) is 57.5. The van der Waals surface area contributed by atoms with Crippen molar-refractivity contribution in [2.24, 2.45) is 4.30 Å². The molecule has 0 saturated heterocycles. The second kappa shape index (κ2) is 84.5. The Labute approximate surface area is 986 Å². The third-order valence-electron chi connectivity index (χ3n) is 12.6. The number of nitrogens with one attached hydrogen (secondary N) is 2. The second-order valence-electron chi connectivity index (χ2n) is 19.9. The van der Waals surface area contributed by atoms with Crippen molar-refractivity contribution in [1.29, 1.82) is 10.5 Å². The molecule has 0 spiro atoms. The number of rotatable bonds is 11. The average Bonchev–Trinajstić information content (AvgIpc) is 0.782. The Hall–Kier alpha value is 1.73. The fraction of sp³-hybridized carbons (Fsp3) is 0.288. The molecule has 2 aliphatic rings. The number of carbonyl (C=O) groups excluding carboxylic acids is 6. The summed E-state index contributed by atoms with van der Waals surface area (Å²) < 4.78 is 49.2. The van der Waals surface area contributed by atoms with E-state index in [1.165, 1.54) is 22.6 Å². The fourth-order valence-corrected chi connectivity index (χ4v) is 13.1. The molecule has 0 atom stereocenters. The summed E-state index contributed by atoms with van der Waals surface area (Å²) in [6, 6.07) is 24.4. The van der Waals surface area contributed by atoms with Crippen LogP contribution in [0.25, 0.3) is 0 Å². The van der Waals surface area contributed by atoms with Crippen LogP contribution in [0.5, 0.6) is 0 Å². The van der Waals surface area contributed by atoms with Crippen molar-refractivity contribution in [2.45, 2.75) is 76.3 Å². The van der Waals surface area contributed by atoms with Gasteiger partial charge in [0, 0.05) is 68.8 Å². The summed E-state index contributed by atoms with van der Waals surface area (Å²) in [5.74, 6) is -3.72. The van der Waals surface area contributed by atoms with E-state index in [2.05, 4.69) is 102 Å². The number of esters is 3. The number of benzene rings is 7. The zero-order chi connectivity index (χ0) is 95.2. The molecule has 0 bridgehead atoms. The predicted octanol–water partition coefficient (Wildman–Crippen LogP) is 16.7. The molecule has 0 aliphatic carbocycles. The van der Waals surface area contributed by atoms with E-state index in [0.29, 0.717) is 139 Å². The van der Waals surface area contributed by atoms with E-state index < -0.39 is 47.4 Å².